The number of hydrogen-bond acceptors (Lipinski definition) is 3. The summed E-state index contributed by atoms with van der Waals surface area (Å²) in [6, 6.07) is 1.99. The van der Waals surface area contributed by atoms with E-state index in [1.54, 1.807) is 6.26 Å². The van der Waals surface area contributed by atoms with Gasteiger partial charge in [-0.05, 0) is 26.0 Å². The predicted octanol–water partition coefficient (Wildman–Crippen LogP) is 3.09. The topological polar surface area (TPSA) is 34.4 Å². The Hall–Kier alpha value is -0.800. The minimum Gasteiger partial charge on any atom is -0.468 e. The van der Waals surface area contributed by atoms with Crippen molar-refractivity contribution in [1.82, 2.24) is 5.32 Å². The number of nitrogens with one attached hydrogen (secondary N) is 1. The van der Waals surface area contributed by atoms with Crippen molar-refractivity contribution in [3.8, 4) is 0 Å². The monoisotopic (exact) mass is 225 g/mol. The summed E-state index contributed by atoms with van der Waals surface area (Å²) in [6.45, 7) is 8.76. The lowest BCUT2D eigenvalue weighted by atomic mass is 10.2. The van der Waals surface area contributed by atoms with Gasteiger partial charge in [0, 0.05) is 5.56 Å². The zero-order valence-electron chi connectivity index (χ0n) is 10.6. The molecule has 1 N–H and O–H groups in total. The van der Waals surface area contributed by atoms with E-state index in [0.717, 1.165) is 37.3 Å². The lowest BCUT2D eigenvalue weighted by Gasteiger charge is -2.11. The Morgan fingerprint density at radius 1 is 1.44 bits per heavy atom. The first-order valence-electron chi connectivity index (χ1n) is 6.15. The largest absolute Gasteiger partial charge is 0.468 e. The molecule has 1 aromatic rings. The van der Waals surface area contributed by atoms with Crippen LogP contribution in [0, 0.1) is 0 Å². The van der Waals surface area contributed by atoms with E-state index in [1.807, 2.05) is 6.07 Å². The number of ether oxygens (including phenoxy) is 1. The van der Waals surface area contributed by atoms with Crippen LogP contribution in [0.4, 0.5) is 0 Å². The second-order valence-electron chi connectivity index (χ2n) is 4.06. The molecular weight excluding hydrogens is 202 g/mol. The Labute approximate surface area is 98.2 Å². The molecule has 0 fully saturated rings. The van der Waals surface area contributed by atoms with Crippen molar-refractivity contribution < 1.29 is 9.15 Å². The van der Waals surface area contributed by atoms with Gasteiger partial charge < -0.3 is 14.5 Å². The maximum Gasteiger partial charge on any atom is 0.123 e. The van der Waals surface area contributed by atoms with Gasteiger partial charge in [0.05, 0.1) is 25.5 Å². The summed E-state index contributed by atoms with van der Waals surface area (Å²) < 4.78 is 11.2. The van der Waals surface area contributed by atoms with Gasteiger partial charge in [-0.15, -0.1) is 0 Å². The number of rotatable bonds is 8. The smallest absolute Gasteiger partial charge is 0.123 e. The van der Waals surface area contributed by atoms with Gasteiger partial charge in [0.25, 0.3) is 0 Å². The highest BCUT2D eigenvalue weighted by atomic mass is 16.5. The molecular formula is C13H23NO2. The molecule has 0 saturated heterocycles. The summed E-state index contributed by atoms with van der Waals surface area (Å²) in [5, 5.41) is 3.25. The van der Waals surface area contributed by atoms with E-state index < -0.39 is 0 Å². The summed E-state index contributed by atoms with van der Waals surface area (Å²) in [7, 11) is 0. The molecule has 3 heteroatoms. The third-order valence-electron chi connectivity index (χ3n) is 2.59. The van der Waals surface area contributed by atoms with Gasteiger partial charge in [-0.25, -0.2) is 0 Å². The van der Waals surface area contributed by atoms with Crippen molar-refractivity contribution in [2.24, 2.45) is 0 Å². The quantitative estimate of drug-likeness (QED) is 0.738. The second-order valence-corrected chi connectivity index (χ2v) is 4.06. The first-order chi connectivity index (χ1) is 7.77. The molecule has 0 aliphatic rings. The third-order valence-corrected chi connectivity index (χ3v) is 2.59. The summed E-state index contributed by atoms with van der Waals surface area (Å²) in [6.07, 6.45) is 4.33. The van der Waals surface area contributed by atoms with E-state index in [-0.39, 0.29) is 0 Å². The van der Waals surface area contributed by atoms with Gasteiger partial charge in [-0.2, -0.15) is 0 Å². The van der Waals surface area contributed by atoms with Crippen molar-refractivity contribution >= 4 is 0 Å². The molecule has 1 heterocycles. The summed E-state index contributed by atoms with van der Waals surface area (Å²) >= 11 is 0. The molecule has 0 aliphatic heterocycles. The Kier molecular flexibility index (Phi) is 6.19. The van der Waals surface area contributed by atoms with Gasteiger partial charge in [0.2, 0.25) is 0 Å². The summed E-state index contributed by atoms with van der Waals surface area (Å²) in [5.41, 5.74) is 1.16. The highest BCUT2D eigenvalue weighted by Gasteiger charge is 2.07. The predicted molar refractivity (Wildman–Crippen MR) is 65.2 cm³/mol. The van der Waals surface area contributed by atoms with Gasteiger partial charge in [0.1, 0.15) is 5.76 Å². The van der Waals surface area contributed by atoms with Crippen LogP contribution in [0.15, 0.2) is 16.7 Å². The Morgan fingerprint density at radius 3 is 2.94 bits per heavy atom. The molecule has 0 radical (unpaired) electrons. The van der Waals surface area contributed by atoms with Gasteiger partial charge >= 0.3 is 0 Å². The maximum absolute atomic E-state index is 5.76. The fraction of sp³-hybridized carbons (Fsp3) is 0.692. The zero-order valence-corrected chi connectivity index (χ0v) is 10.6. The van der Waals surface area contributed by atoms with Crippen molar-refractivity contribution in [3.05, 3.63) is 23.7 Å². The van der Waals surface area contributed by atoms with Crippen molar-refractivity contribution in [2.45, 2.75) is 52.9 Å². The minimum atomic E-state index is 0.326. The third kappa shape index (κ3) is 4.37. The molecule has 0 saturated carbocycles. The van der Waals surface area contributed by atoms with Crippen LogP contribution < -0.4 is 5.32 Å². The molecule has 0 amide bonds. The average Bonchev–Trinajstić information content (AvgIpc) is 2.71. The second kappa shape index (κ2) is 7.47. The molecule has 0 aliphatic carbocycles. The molecule has 92 valence electrons. The molecule has 1 atom stereocenters. The lowest BCUT2D eigenvalue weighted by molar-refractivity contribution is 0.0463. The molecule has 1 unspecified atom stereocenters. The molecule has 1 rings (SSSR count). The molecule has 16 heavy (non-hydrogen) atoms. The minimum absolute atomic E-state index is 0.326. The molecule has 3 nitrogen and oxygen atoms in total. The van der Waals surface area contributed by atoms with E-state index in [2.05, 4.69) is 26.1 Å². The first-order valence-corrected chi connectivity index (χ1v) is 6.15. The molecule has 0 spiro atoms. The van der Waals surface area contributed by atoms with Gasteiger partial charge in [-0.3, -0.25) is 0 Å². The SMILES string of the molecule is CCCC(C)OCc1ccoc1CNCC. The van der Waals surface area contributed by atoms with Gasteiger partial charge in [0.15, 0.2) is 0 Å². The van der Waals surface area contributed by atoms with Gasteiger partial charge in [-0.1, -0.05) is 20.3 Å². The van der Waals surface area contributed by atoms with E-state index in [9.17, 15) is 0 Å². The normalized spacial score (nSPS) is 12.9. The van der Waals surface area contributed by atoms with Crippen LogP contribution >= 0.6 is 0 Å². The molecule has 0 bridgehead atoms. The van der Waals surface area contributed by atoms with Crippen LogP contribution in [0.2, 0.25) is 0 Å². The van der Waals surface area contributed by atoms with E-state index in [1.165, 1.54) is 0 Å². The van der Waals surface area contributed by atoms with Crippen molar-refractivity contribution in [1.29, 1.82) is 0 Å². The zero-order chi connectivity index (χ0) is 11.8. The number of furan rings is 1. The molecule has 1 aromatic heterocycles. The van der Waals surface area contributed by atoms with Crippen LogP contribution in [0.1, 0.15) is 44.9 Å². The highest BCUT2D eigenvalue weighted by Crippen LogP contribution is 2.13. The average molecular weight is 225 g/mol. The lowest BCUT2D eigenvalue weighted by Crippen LogP contribution is -2.13. The summed E-state index contributed by atoms with van der Waals surface area (Å²) in [4.78, 5) is 0. The Bertz CT molecular complexity index is 283. The molecule has 0 aromatic carbocycles. The van der Waals surface area contributed by atoms with Crippen LogP contribution in [0.25, 0.3) is 0 Å². The maximum atomic E-state index is 5.76. The van der Waals surface area contributed by atoms with Crippen LogP contribution in [0.3, 0.4) is 0 Å². The van der Waals surface area contributed by atoms with Crippen LogP contribution in [0.5, 0.6) is 0 Å². The fourth-order valence-corrected chi connectivity index (χ4v) is 1.61. The van der Waals surface area contributed by atoms with E-state index in [0.29, 0.717) is 12.7 Å². The first kappa shape index (κ1) is 13.3. The number of hydrogen-bond donors (Lipinski definition) is 1. The van der Waals surface area contributed by atoms with Crippen LogP contribution in [-0.4, -0.2) is 12.6 Å². The highest BCUT2D eigenvalue weighted by molar-refractivity contribution is 5.15. The van der Waals surface area contributed by atoms with Crippen molar-refractivity contribution in [2.75, 3.05) is 6.54 Å². The fourth-order valence-electron chi connectivity index (χ4n) is 1.61. The van der Waals surface area contributed by atoms with Crippen LogP contribution in [-0.2, 0) is 17.9 Å². The van der Waals surface area contributed by atoms with E-state index >= 15 is 0 Å². The Balaban J connectivity index is 2.37. The van der Waals surface area contributed by atoms with Crippen molar-refractivity contribution in [3.63, 3.8) is 0 Å². The van der Waals surface area contributed by atoms with E-state index in [4.69, 9.17) is 9.15 Å². The standard InChI is InChI=1S/C13H23NO2/c1-4-6-11(3)16-10-12-7-8-15-13(12)9-14-5-2/h7-8,11,14H,4-6,9-10H2,1-3H3. The Morgan fingerprint density at radius 2 is 2.25 bits per heavy atom. The summed E-state index contributed by atoms with van der Waals surface area (Å²) in [5.74, 6) is 0.991.